The van der Waals surface area contributed by atoms with E-state index in [1.165, 1.54) is 11.1 Å². The van der Waals surface area contributed by atoms with E-state index < -0.39 is 0 Å². The number of imidazole rings is 1. The molecule has 8 heteroatoms. The van der Waals surface area contributed by atoms with E-state index in [0.29, 0.717) is 40.4 Å². The number of nitrogens with zero attached hydrogens (tertiary/aromatic N) is 4. The zero-order valence-corrected chi connectivity index (χ0v) is 16.4. The SMILES string of the molecule is CCOc1cc2c(cc1C(=O)N(C)C)[nH]c(=O)c1cnc(N3C=CC=CC=C3)n12. The second-order valence-corrected chi connectivity index (χ2v) is 6.71. The van der Waals surface area contributed by atoms with Crippen LogP contribution in [0.15, 0.2) is 59.8 Å². The highest BCUT2D eigenvalue weighted by molar-refractivity contribution is 6.00. The number of rotatable bonds is 4. The van der Waals surface area contributed by atoms with Gasteiger partial charge in [-0.2, -0.15) is 0 Å². The Bertz CT molecular complexity index is 1230. The number of H-pyrrole nitrogens is 1. The van der Waals surface area contributed by atoms with Gasteiger partial charge in [-0.25, -0.2) is 4.98 Å². The van der Waals surface area contributed by atoms with Gasteiger partial charge in [0.1, 0.15) is 11.3 Å². The first-order valence-electron chi connectivity index (χ1n) is 9.23. The van der Waals surface area contributed by atoms with Crippen LogP contribution in [0.3, 0.4) is 0 Å². The van der Waals surface area contributed by atoms with Crippen LogP contribution >= 0.6 is 0 Å². The van der Waals surface area contributed by atoms with E-state index in [0.717, 1.165) is 0 Å². The molecule has 0 unspecified atom stereocenters. The monoisotopic (exact) mass is 391 g/mol. The van der Waals surface area contributed by atoms with E-state index in [1.807, 2.05) is 48.5 Å². The summed E-state index contributed by atoms with van der Waals surface area (Å²) in [6, 6.07) is 3.43. The number of amides is 1. The van der Waals surface area contributed by atoms with Crippen molar-refractivity contribution in [1.29, 1.82) is 0 Å². The molecule has 0 saturated carbocycles. The first kappa shape index (κ1) is 18.5. The van der Waals surface area contributed by atoms with E-state index in [2.05, 4.69) is 9.97 Å². The van der Waals surface area contributed by atoms with E-state index in [4.69, 9.17) is 4.74 Å². The van der Waals surface area contributed by atoms with E-state index in [1.54, 1.807) is 30.6 Å². The topological polar surface area (TPSA) is 82.9 Å². The molecule has 0 spiro atoms. The molecule has 0 bridgehead atoms. The lowest BCUT2D eigenvalue weighted by atomic mass is 10.1. The number of nitrogens with one attached hydrogen (secondary N) is 1. The van der Waals surface area contributed by atoms with Crippen molar-refractivity contribution in [3.63, 3.8) is 0 Å². The number of hydrogen-bond donors (Lipinski definition) is 1. The standard InChI is InChI=1S/C21H21N5O3/c1-4-29-18-12-16-15(11-14(18)20(28)24(2)3)23-19(27)17-13-22-21(26(16)17)25-9-7-5-6-8-10-25/h5-13H,4H2,1-3H3,(H,23,27). The zero-order valence-electron chi connectivity index (χ0n) is 16.4. The Labute approximate surface area is 167 Å². The van der Waals surface area contributed by atoms with Crippen LogP contribution in [-0.2, 0) is 0 Å². The van der Waals surface area contributed by atoms with Crippen LogP contribution in [-0.4, -0.2) is 45.9 Å². The molecule has 0 fully saturated rings. The van der Waals surface area contributed by atoms with Gasteiger partial charge in [0.05, 0.1) is 29.4 Å². The Morgan fingerprint density at radius 1 is 1.14 bits per heavy atom. The fourth-order valence-corrected chi connectivity index (χ4v) is 3.24. The highest BCUT2D eigenvalue weighted by atomic mass is 16.5. The summed E-state index contributed by atoms with van der Waals surface area (Å²) in [5, 5.41) is 0. The molecule has 0 atom stereocenters. The molecule has 0 saturated heterocycles. The van der Waals surface area contributed by atoms with Crippen molar-refractivity contribution in [3.05, 3.63) is 71.0 Å². The van der Waals surface area contributed by atoms with Crippen molar-refractivity contribution in [2.24, 2.45) is 0 Å². The lowest BCUT2D eigenvalue weighted by molar-refractivity contribution is 0.0823. The molecular formula is C21H21N5O3. The number of carbonyl (C=O) groups excluding carboxylic acids is 1. The molecule has 4 rings (SSSR count). The maximum absolute atomic E-state index is 12.7. The van der Waals surface area contributed by atoms with Crippen molar-refractivity contribution in [2.45, 2.75) is 6.92 Å². The Morgan fingerprint density at radius 3 is 2.52 bits per heavy atom. The van der Waals surface area contributed by atoms with Gasteiger partial charge in [-0.05, 0) is 25.1 Å². The second kappa shape index (κ2) is 7.31. The number of benzene rings is 1. The Hall–Kier alpha value is -3.81. The van der Waals surface area contributed by atoms with Crippen LogP contribution in [0.4, 0.5) is 5.95 Å². The van der Waals surface area contributed by atoms with Crippen LogP contribution in [0.25, 0.3) is 16.6 Å². The van der Waals surface area contributed by atoms with E-state index in [9.17, 15) is 9.59 Å². The Morgan fingerprint density at radius 2 is 1.86 bits per heavy atom. The summed E-state index contributed by atoms with van der Waals surface area (Å²) in [7, 11) is 3.35. The Balaban J connectivity index is 2.04. The third kappa shape index (κ3) is 3.18. The third-order valence-electron chi connectivity index (χ3n) is 4.56. The minimum absolute atomic E-state index is 0.202. The summed E-state index contributed by atoms with van der Waals surface area (Å²) >= 11 is 0. The summed E-state index contributed by atoms with van der Waals surface area (Å²) in [6.07, 6.45) is 12.8. The first-order valence-corrected chi connectivity index (χ1v) is 9.23. The zero-order chi connectivity index (χ0) is 20.5. The molecule has 1 aliphatic heterocycles. The third-order valence-corrected chi connectivity index (χ3v) is 4.56. The lowest BCUT2D eigenvalue weighted by Gasteiger charge is -2.17. The maximum Gasteiger partial charge on any atom is 0.274 e. The predicted molar refractivity (Wildman–Crippen MR) is 112 cm³/mol. The van der Waals surface area contributed by atoms with Gasteiger partial charge in [0.15, 0.2) is 0 Å². The second-order valence-electron chi connectivity index (χ2n) is 6.71. The molecule has 0 aliphatic carbocycles. The van der Waals surface area contributed by atoms with Crippen molar-refractivity contribution in [2.75, 3.05) is 25.6 Å². The number of carbonyl (C=O) groups is 1. The molecule has 1 aromatic carbocycles. The van der Waals surface area contributed by atoms with Gasteiger partial charge >= 0.3 is 0 Å². The lowest BCUT2D eigenvalue weighted by Crippen LogP contribution is -2.23. The number of allylic oxidation sites excluding steroid dienone is 4. The fourth-order valence-electron chi connectivity index (χ4n) is 3.24. The van der Waals surface area contributed by atoms with Gasteiger partial charge in [-0.3, -0.25) is 18.9 Å². The largest absolute Gasteiger partial charge is 0.493 e. The van der Waals surface area contributed by atoms with Crippen molar-refractivity contribution >= 4 is 28.4 Å². The molecule has 0 radical (unpaired) electrons. The minimum atomic E-state index is -0.287. The smallest absolute Gasteiger partial charge is 0.274 e. The van der Waals surface area contributed by atoms with E-state index in [-0.39, 0.29) is 11.5 Å². The number of aromatic amines is 1. The van der Waals surface area contributed by atoms with Gasteiger partial charge < -0.3 is 14.6 Å². The number of ether oxygens (including phenoxy) is 1. The molecule has 148 valence electrons. The summed E-state index contributed by atoms with van der Waals surface area (Å²) in [5.41, 5.74) is 1.71. The van der Waals surface area contributed by atoms with Crippen LogP contribution < -0.4 is 15.2 Å². The quantitative estimate of drug-likeness (QED) is 0.739. The number of aromatic nitrogens is 3. The maximum atomic E-state index is 12.7. The molecule has 1 aliphatic rings. The molecule has 3 heterocycles. The Kier molecular flexibility index (Phi) is 4.67. The van der Waals surface area contributed by atoms with Crippen molar-refractivity contribution in [3.8, 4) is 5.75 Å². The molecule has 3 aromatic rings. The summed E-state index contributed by atoms with van der Waals surface area (Å²) in [4.78, 5) is 35.9. The molecular weight excluding hydrogens is 370 g/mol. The van der Waals surface area contributed by atoms with Gasteiger partial charge in [0.2, 0.25) is 5.95 Å². The normalized spacial score (nSPS) is 13.3. The van der Waals surface area contributed by atoms with Crippen molar-refractivity contribution in [1.82, 2.24) is 19.3 Å². The fraction of sp³-hybridized carbons (Fsp3) is 0.190. The van der Waals surface area contributed by atoms with E-state index >= 15 is 0 Å². The van der Waals surface area contributed by atoms with Gasteiger partial charge in [0, 0.05) is 32.6 Å². The first-order chi connectivity index (χ1) is 14.0. The molecule has 29 heavy (non-hydrogen) atoms. The van der Waals surface area contributed by atoms with Crippen LogP contribution in [0, 0.1) is 0 Å². The molecule has 8 nitrogen and oxygen atoms in total. The predicted octanol–water partition coefficient (Wildman–Crippen LogP) is 2.68. The minimum Gasteiger partial charge on any atom is -0.493 e. The number of fused-ring (bicyclic) bond motifs is 3. The van der Waals surface area contributed by atoms with Crippen LogP contribution in [0.2, 0.25) is 0 Å². The van der Waals surface area contributed by atoms with Crippen molar-refractivity contribution < 1.29 is 9.53 Å². The summed E-state index contributed by atoms with van der Waals surface area (Å²) in [6.45, 7) is 2.27. The van der Waals surface area contributed by atoms with Crippen LogP contribution in [0.5, 0.6) is 5.75 Å². The summed E-state index contributed by atoms with van der Waals surface area (Å²) < 4.78 is 7.52. The molecule has 1 amide bonds. The molecule has 2 aromatic heterocycles. The summed E-state index contributed by atoms with van der Waals surface area (Å²) in [5.74, 6) is 0.809. The highest BCUT2D eigenvalue weighted by Gasteiger charge is 2.20. The van der Waals surface area contributed by atoms with Gasteiger partial charge in [-0.1, -0.05) is 12.2 Å². The highest BCUT2D eigenvalue weighted by Crippen LogP contribution is 2.28. The van der Waals surface area contributed by atoms with Gasteiger partial charge in [-0.15, -0.1) is 0 Å². The molecule has 1 N–H and O–H groups in total. The average Bonchev–Trinajstić information content (AvgIpc) is 2.97. The average molecular weight is 391 g/mol. The number of anilines is 1. The number of hydrogen-bond acceptors (Lipinski definition) is 5. The van der Waals surface area contributed by atoms with Crippen LogP contribution in [0.1, 0.15) is 17.3 Å². The van der Waals surface area contributed by atoms with Gasteiger partial charge in [0.25, 0.3) is 11.5 Å².